The van der Waals surface area contributed by atoms with Crippen molar-refractivity contribution in [3.05, 3.63) is 53.0 Å². The summed E-state index contributed by atoms with van der Waals surface area (Å²) in [5, 5.41) is 2.85. The van der Waals surface area contributed by atoms with Crippen molar-refractivity contribution in [1.29, 1.82) is 0 Å². The van der Waals surface area contributed by atoms with E-state index in [9.17, 15) is 18.4 Å². The third kappa shape index (κ3) is 6.37. The van der Waals surface area contributed by atoms with Gasteiger partial charge in [0.05, 0.1) is 6.04 Å². The molecular weight excluding hydrogens is 368 g/mol. The first-order chi connectivity index (χ1) is 13.3. The van der Waals surface area contributed by atoms with Crippen molar-refractivity contribution in [2.24, 2.45) is 0 Å². The van der Waals surface area contributed by atoms with E-state index >= 15 is 0 Å². The zero-order chi connectivity index (χ0) is 20.7. The second kappa shape index (κ2) is 9.87. The summed E-state index contributed by atoms with van der Waals surface area (Å²) >= 11 is 0. The van der Waals surface area contributed by atoms with Crippen molar-refractivity contribution in [2.75, 3.05) is 6.61 Å². The average Bonchev–Trinajstić information content (AvgIpc) is 2.66. The monoisotopic (exact) mass is 391 g/mol. The van der Waals surface area contributed by atoms with Gasteiger partial charge in [-0.15, -0.1) is 0 Å². The Balaban J connectivity index is 2.04. The van der Waals surface area contributed by atoms with Gasteiger partial charge in [-0.1, -0.05) is 13.0 Å². The lowest BCUT2D eigenvalue weighted by molar-refractivity contribution is -0.118. The highest BCUT2D eigenvalue weighted by Gasteiger charge is 2.15. The number of carbonyl (C=O) groups is 2. The van der Waals surface area contributed by atoms with Gasteiger partial charge in [0.1, 0.15) is 5.78 Å². The van der Waals surface area contributed by atoms with Gasteiger partial charge in [-0.2, -0.15) is 0 Å². The van der Waals surface area contributed by atoms with E-state index in [1.807, 2.05) is 0 Å². The summed E-state index contributed by atoms with van der Waals surface area (Å²) < 4.78 is 29.1. The Kier molecular flexibility index (Phi) is 7.54. The van der Waals surface area contributed by atoms with Crippen LogP contribution in [-0.4, -0.2) is 34.7 Å². The van der Waals surface area contributed by atoms with Crippen LogP contribution in [0.25, 0.3) is 0 Å². The van der Waals surface area contributed by atoms with Gasteiger partial charge in [0.2, 0.25) is 5.88 Å². The number of amides is 1. The van der Waals surface area contributed by atoms with Crippen molar-refractivity contribution in [2.45, 2.75) is 46.1 Å². The van der Waals surface area contributed by atoms with Crippen LogP contribution in [0.4, 0.5) is 8.78 Å². The predicted molar refractivity (Wildman–Crippen MR) is 99.6 cm³/mol. The van der Waals surface area contributed by atoms with E-state index in [2.05, 4.69) is 15.3 Å². The standard InChI is InChI=1S/C20H23F2N3O3/c1-4-17(26)9-16-8-15(7-12(2)24-16)20(27)25-13(3)14-5-6-19(23-10-14)28-11-18(21)22/h5-8,10,13,18H,4,9,11H2,1-3H3,(H,25,27). The fourth-order valence-corrected chi connectivity index (χ4v) is 2.53. The Hall–Kier alpha value is -2.90. The molecule has 0 aliphatic rings. The largest absolute Gasteiger partial charge is 0.472 e. The minimum atomic E-state index is -2.57. The Morgan fingerprint density at radius 1 is 1.25 bits per heavy atom. The molecule has 2 rings (SSSR count). The highest BCUT2D eigenvalue weighted by Crippen LogP contribution is 2.16. The number of rotatable bonds is 9. The van der Waals surface area contributed by atoms with Crippen LogP contribution in [0.2, 0.25) is 0 Å². The van der Waals surface area contributed by atoms with E-state index in [-0.39, 0.29) is 30.0 Å². The summed E-state index contributed by atoms with van der Waals surface area (Å²) in [5.41, 5.74) is 2.33. The van der Waals surface area contributed by atoms with Crippen LogP contribution in [0.5, 0.6) is 5.88 Å². The number of ether oxygens (including phenoxy) is 1. The molecule has 0 bridgehead atoms. The second-order valence-corrected chi connectivity index (χ2v) is 6.38. The van der Waals surface area contributed by atoms with E-state index in [4.69, 9.17) is 4.74 Å². The minimum absolute atomic E-state index is 0.0538. The molecule has 2 aromatic rings. The summed E-state index contributed by atoms with van der Waals surface area (Å²) in [6.07, 6.45) is -0.494. The molecule has 0 aromatic carbocycles. The first-order valence-corrected chi connectivity index (χ1v) is 8.95. The van der Waals surface area contributed by atoms with Gasteiger partial charge in [0.15, 0.2) is 6.61 Å². The quantitative estimate of drug-likeness (QED) is 0.708. The maximum Gasteiger partial charge on any atom is 0.272 e. The van der Waals surface area contributed by atoms with Gasteiger partial charge in [0.25, 0.3) is 12.3 Å². The Labute approximate surface area is 162 Å². The Morgan fingerprint density at radius 3 is 2.61 bits per heavy atom. The number of carbonyl (C=O) groups excluding carboxylic acids is 2. The van der Waals surface area contributed by atoms with Crippen LogP contribution in [0.1, 0.15) is 53.6 Å². The maximum absolute atomic E-state index is 12.6. The summed E-state index contributed by atoms with van der Waals surface area (Å²) in [5.74, 6) is -0.156. The number of aryl methyl sites for hydroxylation is 1. The maximum atomic E-state index is 12.6. The average molecular weight is 391 g/mol. The van der Waals surface area contributed by atoms with E-state index in [1.165, 1.54) is 12.3 Å². The normalized spacial score (nSPS) is 11.9. The van der Waals surface area contributed by atoms with Crippen LogP contribution < -0.4 is 10.1 Å². The fourth-order valence-electron chi connectivity index (χ4n) is 2.53. The van der Waals surface area contributed by atoms with Crippen molar-refractivity contribution >= 4 is 11.7 Å². The molecule has 0 aliphatic carbocycles. The minimum Gasteiger partial charge on any atom is -0.472 e. The summed E-state index contributed by atoms with van der Waals surface area (Å²) in [4.78, 5) is 32.5. The van der Waals surface area contributed by atoms with Crippen molar-refractivity contribution in [3.8, 4) is 5.88 Å². The lowest BCUT2D eigenvalue weighted by Gasteiger charge is -2.15. The fraction of sp³-hybridized carbons (Fsp3) is 0.400. The molecule has 0 spiro atoms. The van der Waals surface area contributed by atoms with Crippen molar-refractivity contribution in [3.63, 3.8) is 0 Å². The lowest BCUT2D eigenvalue weighted by atomic mass is 10.1. The highest BCUT2D eigenvalue weighted by molar-refractivity contribution is 5.95. The molecule has 0 aliphatic heterocycles. The van der Waals surface area contributed by atoms with Gasteiger partial charge in [-0.05, 0) is 31.5 Å². The third-order valence-corrected chi connectivity index (χ3v) is 4.01. The van der Waals surface area contributed by atoms with Gasteiger partial charge < -0.3 is 10.1 Å². The van der Waals surface area contributed by atoms with E-state index in [0.717, 1.165) is 0 Å². The molecule has 2 heterocycles. The molecule has 1 unspecified atom stereocenters. The molecule has 0 saturated carbocycles. The molecular formula is C20H23F2N3O3. The van der Waals surface area contributed by atoms with Gasteiger partial charge >= 0.3 is 0 Å². The highest BCUT2D eigenvalue weighted by atomic mass is 19.3. The van der Waals surface area contributed by atoms with Crippen LogP contribution in [0, 0.1) is 6.92 Å². The molecule has 1 amide bonds. The van der Waals surface area contributed by atoms with Crippen LogP contribution in [0.3, 0.4) is 0 Å². The molecule has 0 saturated heterocycles. The molecule has 1 atom stereocenters. The predicted octanol–water partition coefficient (Wildman–Crippen LogP) is 3.44. The van der Waals surface area contributed by atoms with Crippen LogP contribution in [-0.2, 0) is 11.2 Å². The van der Waals surface area contributed by atoms with Crippen molar-refractivity contribution < 1.29 is 23.1 Å². The molecule has 150 valence electrons. The van der Waals surface area contributed by atoms with Crippen LogP contribution >= 0.6 is 0 Å². The first-order valence-electron chi connectivity index (χ1n) is 8.95. The molecule has 2 aromatic heterocycles. The summed E-state index contributed by atoms with van der Waals surface area (Å²) in [6, 6.07) is 6.04. The molecule has 0 radical (unpaired) electrons. The zero-order valence-electron chi connectivity index (χ0n) is 16.0. The van der Waals surface area contributed by atoms with E-state index in [0.29, 0.717) is 28.9 Å². The number of alkyl halides is 2. The SMILES string of the molecule is CCC(=O)Cc1cc(C(=O)NC(C)c2ccc(OCC(F)F)nc2)cc(C)n1. The first kappa shape index (κ1) is 21.4. The van der Waals surface area contributed by atoms with Crippen molar-refractivity contribution in [1.82, 2.24) is 15.3 Å². The summed E-state index contributed by atoms with van der Waals surface area (Å²) in [7, 11) is 0. The topological polar surface area (TPSA) is 81.2 Å². The number of nitrogens with one attached hydrogen (secondary N) is 1. The number of Topliss-reactive ketones (excluding diaryl/α,β-unsaturated/α-hetero) is 1. The molecule has 28 heavy (non-hydrogen) atoms. The number of ketones is 1. The second-order valence-electron chi connectivity index (χ2n) is 6.38. The number of hydrogen-bond donors (Lipinski definition) is 1. The van der Waals surface area contributed by atoms with Gasteiger partial charge in [0, 0.05) is 42.1 Å². The third-order valence-electron chi connectivity index (χ3n) is 4.01. The lowest BCUT2D eigenvalue weighted by Crippen LogP contribution is -2.27. The summed E-state index contributed by atoms with van der Waals surface area (Å²) in [6.45, 7) is 4.61. The van der Waals surface area contributed by atoms with Gasteiger partial charge in [-0.3, -0.25) is 14.6 Å². The number of hydrogen-bond acceptors (Lipinski definition) is 5. The zero-order valence-corrected chi connectivity index (χ0v) is 16.0. The van der Waals surface area contributed by atoms with E-state index < -0.39 is 13.0 Å². The van der Waals surface area contributed by atoms with Gasteiger partial charge in [-0.25, -0.2) is 13.8 Å². The number of aromatic nitrogens is 2. The van der Waals surface area contributed by atoms with E-state index in [1.54, 1.807) is 39.0 Å². The Morgan fingerprint density at radius 2 is 2.00 bits per heavy atom. The Bertz CT molecular complexity index is 826. The number of halogens is 2. The molecule has 8 heteroatoms. The molecule has 6 nitrogen and oxygen atoms in total. The number of pyridine rings is 2. The van der Waals surface area contributed by atoms with Crippen LogP contribution in [0.15, 0.2) is 30.5 Å². The molecule has 1 N–H and O–H groups in total. The molecule has 0 fully saturated rings. The number of nitrogens with zero attached hydrogens (tertiary/aromatic N) is 2. The smallest absolute Gasteiger partial charge is 0.272 e.